The third kappa shape index (κ3) is 4.79. The van der Waals surface area contributed by atoms with Crippen LogP contribution >= 0.6 is 11.6 Å². The number of halogens is 1. The molecule has 3 aromatic carbocycles. The van der Waals surface area contributed by atoms with Gasteiger partial charge in [0, 0.05) is 0 Å². The summed E-state index contributed by atoms with van der Waals surface area (Å²) in [6.45, 7) is 0.266. The summed E-state index contributed by atoms with van der Waals surface area (Å²) in [5, 5.41) is 18.8. The first-order chi connectivity index (χ1) is 13.6. The molecule has 0 amide bonds. The largest absolute Gasteiger partial charge is 0.487 e. The average molecular weight is 390 g/mol. The summed E-state index contributed by atoms with van der Waals surface area (Å²) in [5.74, 6) is -0.453. The molecular weight excluding hydrogens is 374 g/mol. The molecule has 0 unspecified atom stereocenters. The maximum Gasteiger partial charge on any atom is 0.335 e. The molecule has 3 rings (SSSR count). The highest BCUT2D eigenvalue weighted by molar-refractivity contribution is 6.32. The quantitative estimate of drug-likeness (QED) is 0.434. The fourth-order valence-electron chi connectivity index (χ4n) is 2.59. The number of nitrogens with zero attached hydrogens (tertiary/aromatic N) is 1. The predicted octanol–water partition coefficient (Wildman–Crippen LogP) is 5.68. The lowest BCUT2D eigenvalue weighted by Gasteiger charge is -2.09. The van der Waals surface area contributed by atoms with Crippen LogP contribution in [0.3, 0.4) is 0 Å². The number of hydrogen-bond donors (Lipinski definition) is 1. The Balaban J connectivity index is 1.72. The van der Waals surface area contributed by atoms with Crippen molar-refractivity contribution in [2.45, 2.75) is 6.61 Å². The van der Waals surface area contributed by atoms with Crippen molar-refractivity contribution in [1.82, 2.24) is 0 Å². The van der Waals surface area contributed by atoms with Gasteiger partial charge in [-0.2, -0.15) is 5.26 Å². The van der Waals surface area contributed by atoms with E-state index in [4.69, 9.17) is 21.4 Å². The van der Waals surface area contributed by atoms with Crippen molar-refractivity contribution in [3.63, 3.8) is 0 Å². The van der Waals surface area contributed by atoms with Crippen molar-refractivity contribution in [2.24, 2.45) is 0 Å². The van der Waals surface area contributed by atoms with Crippen LogP contribution in [0.2, 0.25) is 5.02 Å². The van der Waals surface area contributed by atoms with Gasteiger partial charge in [0.15, 0.2) is 0 Å². The first-order valence-electron chi connectivity index (χ1n) is 8.48. The van der Waals surface area contributed by atoms with E-state index in [2.05, 4.69) is 6.07 Å². The molecule has 0 atom stereocenters. The Hall–Kier alpha value is -3.55. The van der Waals surface area contributed by atoms with Crippen LogP contribution in [0.4, 0.5) is 0 Å². The number of aromatic carboxylic acids is 1. The molecule has 0 fully saturated rings. The minimum Gasteiger partial charge on any atom is -0.487 e. The summed E-state index contributed by atoms with van der Waals surface area (Å²) >= 11 is 6.32. The zero-order valence-electron chi connectivity index (χ0n) is 14.8. The van der Waals surface area contributed by atoms with Crippen LogP contribution in [0.5, 0.6) is 5.75 Å². The highest BCUT2D eigenvalue weighted by Gasteiger charge is 2.06. The molecule has 0 bridgehead atoms. The van der Waals surface area contributed by atoms with E-state index in [0.29, 0.717) is 16.3 Å². The highest BCUT2D eigenvalue weighted by Crippen LogP contribution is 2.28. The van der Waals surface area contributed by atoms with Gasteiger partial charge in [0.25, 0.3) is 0 Å². The number of hydrogen-bond acceptors (Lipinski definition) is 3. The molecule has 0 heterocycles. The third-order valence-electron chi connectivity index (χ3n) is 4.07. The van der Waals surface area contributed by atoms with Gasteiger partial charge in [-0.15, -0.1) is 0 Å². The summed E-state index contributed by atoms with van der Waals surface area (Å²) in [4.78, 5) is 10.9. The van der Waals surface area contributed by atoms with Gasteiger partial charge >= 0.3 is 5.97 Å². The Morgan fingerprint density at radius 3 is 2.36 bits per heavy atom. The van der Waals surface area contributed by atoms with Crippen LogP contribution in [0.25, 0.3) is 11.6 Å². The molecule has 0 aliphatic carbocycles. The average Bonchev–Trinajstić information content (AvgIpc) is 2.72. The third-order valence-corrected chi connectivity index (χ3v) is 4.36. The standard InChI is InChI=1S/C23H16ClNO3/c24-21-13-17(12-20(14-25)18-4-2-1-3-5-18)8-11-22(21)28-15-16-6-9-19(10-7-16)23(26)27/h1-13H,15H2,(H,26,27)/b20-12+. The van der Waals surface area contributed by atoms with Crippen LogP contribution in [-0.4, -0.2) is 11.1 Å². The molecule has 3 aromatic rings. The summed E-state index contributed by atoms with van der Waals surface area (Å²) in [7, 11) is 0. The Morgan fingerprint density at radius 1 is 1.04 bits per heavy atom. The number of carboxylic acids is 1. The van der Waals surface area contributed by atoms with Crippen molar-refractivity contribution < 1.29 is 14.6 Å². The number of carbonyl (C=O) groups is 1. The van der Waals surface area contributed by atoms with Crippen molar-refractivity contribution >= 4 is 29.2 Å². The fraction of sp³-hybridized carbons (Fsp3) is 0.0435. The molecule has 138 valence electrons. The first-order valence-corrected chi connectivity index (χ1v) is 8.86. The van der Waals surface area contributed by atoms with Crippen molar-refractivity contribution in [1.29, 1.82) is 5.26 Å². The van der Waals surface area contributed by atoms with Crippen LogP contribution in [0.15, 0.2) is 72.8 Å². The molecule has 1 N–H and O–H groups in total. The number of allylic oxidation sites excluding steroid dienone is 1. The van der Waals surface area contributed by atoms with E-state index in [9.17, 15) is 10.1 Å². The van der Waals surface area contributed by atoms with Gasteiger partial charge in [0.05, 0.1) is 22.2 Å². The highest BCUT2D eigenvalue weighted by atomic mass is 35.5. The summed E-state index contributed by atoms with van der Waals surface area (Å²) in [6.07, 6.45) is 1.77. The summed E-state index contributed by atoms with van der Waals surface area (Å²) in [5.41, 5.74) is 3.24. The van der Waals surface area contributed by atoms with Crippen LogP contribution in [0, 0.1) is 11.3 Å². The second-order valence-electron chi connectivity index (χ2n) is 6.02. The van der Waals surface area contributed by atoms with E-state index in [1.54, 1.807) is 30.3 Å². The molecule has 0 radical (unpaired) electrons. The first kappa shape index (κ1) is 19.2. The predicted molar refractivity (Wildman–Crippen MR) is 109 cm³/mol. The number of nitriles is 1. The van der Waals surface area contributed by atoms with Gasteiger partial charge in [-0.25, -0.2) is 4.79 Å². The lowest BCUT2D eigenvalue weighted by atomic mass is 10.0. The molecule has 0 aromatic heterocycles. The number of carboxylic acid groups (broad SMARTS) is 1. The number of ether oxygens (including phenoxy) is 1. The van der Waals surface area contributed by atoms with Crippen molar-refractivity contribution in [2.75, 3.05) is 0 Å². The molecule has 0 aliphatic rings. The minimum absolute atomic E-state index is 0.227. The van der Waals surface area contributed by atoms with E-state index in [-0.39, 0.29) is 12.2 Å². The summed E-state index contributed by atoms with van der Waals surface area (Å²) < 4.78 is 5.73. The minimum atomic E-state index is -0.966. The van der Waals surface area contributed by atoms with E-state index >= 15 is 0 Å². The molecule has 0 saturated carbocycles. The Morgan fingerprint density at radius 2 is 1.75 bits per heavy atom. The molecular formula is C23H16ClNO3. The SMILES string of the molecule is N#C/C(=C\c1ccc(OCc2ccc(C(=O)O)cc2)c(Cl)c1)c1ccccc1. The Bertz CT molecular complexity index is 1050. The second-order valence-corrected chi connectivity index (χ2v) is 6.42. The maximum atomic E-state index is 10.9. The lowest BCUT2D eigenvalue weighted by Crippen LogP contribution is -1.99. The fourth-order valence-corrected chi connectivity index (χ4v) is 2.84. The maximum absolute atomic E-state index is 10.9. The number of benzene rings is 3. The zero-order valence-corrected chi connectivity index (χ0v) is 15.6. The van der Waals surface area contributed by atoms with Gasteiger partial charge in [-0.05, 0) is 47.0 Å². The molecule has 28 heavy (non-hydrogen) atoms. The zero-order chi connectivity index (χ0) is 19.9. The molecule has 0 saturated heterocycles. The Kier molecular flexibility index (Phi) is 6.11. The molecule has 5 heteroatoms. The van der Waals surface area contributed by atoms with Crippen LogP contribution < -0.4 is 4.74 Å². The summed E-state index contributed by atoms with van der Waals surface area (Å²) in [6, 6.07) is 23.4. The Labute approximate surface area is 167 Å². The van der Waals surface area contributed by atoms with Gasteiger partial charge in [0.2, 0.25) is 0 Å². The monoisotopic (exact) mass is 389 g/mol. The van der Waals surface area contributed by atoms with Crippen molar-refractivity contribution in [3.8, 4) is 11.8 Å². The van der Waals surface area contributed by atoms with Gasteiger partial charge in [-0.1, -0.05) is 60.1 Å². The molecule has 0 aliphatic heterocycles. The normalized spacial score (nSPS) is 10.9. The smallest absolute Gasteiger partial charge is 0.335 e. The second kappa shape index (κ2) is 8.90. The van der Waals surface area contributed by atoms with E-state index in [1.165, 1.54) is 12.1 Å². The topological polar surface area (TPSA) is 70.3 Å². The lowest BCUT2D eigenvalue weighted by molar-refractivity contribution is 0.0697. The molecule has 0 spiro atoms. The van der Waals surface area contributed by atoms with Gasteiger partial charge in [0.1, 0.15) is 12.4 Å². The van der Waals surface area contributed by atoms with E-state index < -0.39 is 5.97 Å². The van der Waals surface area contributed by atoms with Crippen LogP contribution in [-0.2, 0) is 6.61 Å². The van der Waals surface area contributed by atoms with Crippen LogP contribution in [0.1, 0.15) is 27.0 Å². The molecule has 4 nitrogen and oxygen atoms in total. The van der Waals surface area contributed by atoms with Gasteiger partial charge in [-0.3, -0.25) is 0 Å². The van der Waals surface area contributed by atoms with E-state index in [0.717, 1.165) is 16.7 Å². The van der Waals surface area contributed by atoms with E-state index in [1.807, 2.05) is 36.4 Å². The van der Waals surface area contributed by atoms with Gasteiger partial charge < -0.3 is 9.84 Å². The van der Waals surface area contributed by atoms with Crippen molar-refractivity contribution in [3.05, 3.63) is 100 Å². The number of rotatable bonds is 6.